The van der Waals surface area contributed by atoms with Crippen LogP contribution in [0, 0.1) is 0 Å². The van der Waals surface area contributed by atoms with Gasteiger partial charge >= 0.3 is 0 Å². The quantitative estimate of drug-likeness (QED) is 0.638. The van der Waals surface area contributed by atoms with E-state index >= 15 is 0 Å². The Morgan fingerprint density at radius 3 is 2.78 bits per heavy atom. The van der Waals surface area contributed by atoms with Crippen LogP contribution in [0.25, 0.3) is 10.9 Å². The number of para-hydroxylation sites is 1. The zero-order valence-electron chi connectivity index (χ0n) is 10.1. The second-order valence-electron chi connectivity index (χ2n) is 4.17. The fraction of sp³-hybridized carbons (Fsp3) is 0.0667. The minimum atomic E-state index is 0.871. The molecule has 0 unspecified atom stereocenters. The van der Waals surface area contributed by atoms with Crippen molar-refractivity contribution in [2.45, 2.75) is 0 Å². The Morgan fingerprint density at radius 1 is 1.06 bits per heavy atom. The fourth-order valence-corrected chi connectivity index (χ4v) is 1.88. The van der Waals surface area contributed by atoms with Gasteiger partial charge in [-0.1, -0.05) is 24.3 Å². The lowest BCUT2D eigenvalue weighted by atomic mass is 10.2. The number of pyridine rings is 2. The van der Waals surface area contributed by atoms with Gasteiger partial charge in [0.15, 0.2) is 0 Å². The molecule has 2 heterocycles. The van der Waals surface area contributed by atoms with E-state index in [-0.39, 0.29) is 0 Å². The number of rotatable bonds is 1. The zero-order valence-corrected chi connectivity index (χ0v) is 10.1. The van der Waals surface area contributed by atoms with Gasteiger partial charge in [-0.05, 0) is 24.3 Å². The van der Waals surface area contributed by atoms with Gasteiger partial charge in [-0.25, -0.2) is 4.99 Å². The van der Waals surface area contributed by atoms with Crippen LogP contribution in [-0.4, -0.2) is 9.55 Å². The van der Waals surface area contributed by atoms with Crippen molar-refractivity contribution < 1.29 is 0 Å². The number of hydrogen-bond donors (Lipinski definition) is 0. The van der Waals surface area contributed by atoms with E-state index in [9.17, 15) is 0 Å². The number of aromatic nitrogens is 2. The molecular formula is C15H13N3. The highest BCUT2D eigenvalue weighted by molar-refractivity contribution is 5.80. The molecule has 0 spiro atoms. The van der Waals surface area contributed by atoms with Crippen LogP contribution in [0.1, 0.15) is 0 Å². The molecule has 3 nitrogen and oxygen atoms in total. The number of hydrogen-bond acceptors (Lipinski definition) is 2. The van der Waals surface area contributed by atoms with Gasteiger partial charge in [-0.3, -0.25) is 4.98 Å². The molecule has 0 fully saturated rings. The van der Waals surface area contributed by atoms with E-state index in [1.54, 1.807) is 6.20 Å². The SMILES string of the molecule is Cn1ccccc1=Nc1cnc2ccccc2c1. The first-order valence-electron chi connectivity index (χ1n) is 5.84. The molecule has 0 aliphatic carbocycles. The van der Waals surface area contributed by atoms with Crippen LogP contribution >= 0.6 is 0 Å². The maximum atomic E-state index is 4.59. The highest BCUT2D eigenvalue weighted by Crippen LogP contribution is 2.17. The second kappa shape index (κ2) is 4.45. The summed E-state index contributed by atoms with van der Waals surface area (Å²) >= 11 is 0. The summed E-state index contributed by atoms with van der Waals surface area (Å²) in [5.74, 6) is 0. The average Bonchev–Trinajstić information content (AvgIpc) is 2.41. The molecule has 0 aliphatic rings. The molecular weight excluding hydrogens is 222 g/mol. The Labute approximate surface area is 105 Å². The Balaban J connectivity index is 2.16. The maximum Gasteiger partial charge on any atom is 0.132 e. The average molecular weight is 235 g/mol. The maximum absolute atomic E-state index is 4.59. The van der Waals surface area contributed by atoms with Crippen molar-refractivity contribution in [3.63, 3.8) is 0 Å². The Morgan fingerprint density at radius 2 is 1.89 bits per heavy atom. The molecule has 0 saturated heterocycles. The summed E-state index contributed by atoms with van der Waals surface area (Å²) in [5, 5.41) is 1.11. The number of nitrogens with zero attached hydrogens (tertiary/aromatic N) is 3. The molecule has 3 rings (SSSR count). The topological polar surface area (TPSA) is 30.2 Å². The first-order chi connectivity index (χ1) is 8.83. The van der Waals surface area contributed by atoms with Gasteiger partial charge in [-0.15, -0.1) is 0 Å². The van der Waals surface area contributed by atoms with Gasteiger partial charge in [0.05, 0.1) is 17.4 Å². The van der Waals surface area contributed by atoms with Crippen molar-refractivity contribution >= 4 is 16.6 Å². The zero-order chi connectivity index (χ0) is 12.4. The third-order valence-electron chi connectivity index (χ3n) is 2.85. The molecule has 0 amide bonds. The normalized spacial score (nSPS) is 11.9. The Kier molecular flexibility index (Phi) is 2.65. The Hall–Kier alpha value is -2.42. The number of aryl methyl sites for hydroxylation is 1. The van der Waals surface area contributed by atoms with Crippen LogP contribution in [-0.2, 0) is 7.05 Å². The molecule has 0 radical (unpaired) electrons. The molecule has 1 aromatic carbocycles. The van der Waals surface area contributed by atoms with Crippen molar-refractivity contribution in [3.05, 3.63) is 66.4 Å². The van der Waals surface area contributed by atoms with Crippen LogP contribution in [0.15, 0.2) is 65.9 Å². The summed E-state index contributed by atoms with van der Waals surface area (Å²) in [6, 6.07) is 16.0. The van der Waals surface area contributed by atoms with Crippen molar-refractivity contribution in [2.24, 2.45) is 12.0 Å². The summed E-state index contributed by atoms with van der Waals surface area (Å²) in [5.41, 5.74) is 2.78. The van der Waals surface area contributed by atoms with Gasteiger partial charge < -0.3 is 4.57 Å². The third-order valence-corrected chi connectivity index (χ3v) is 2.85. The van der Waals surface area contributed by atoms with Crippen LogP contribution in [0.5, 0.6) is 0 Å². The van der Waals surface area contributed by atoms with Crippen molar-refractivity contribution in [1.82, 2.24) is 9.55 Å². The second-order valence-corrected chi connectivity index (χ2v) is 4.17. The number of fused-ring (bicyclic) bond motifs is 1. The lowest BCUT2D eigenvalue weighted by Crippen LogP contribution is -2.15. The van der Waals surface area contributed by atoms with Crippen LogP contribution in [0.4, 0.5) is 5.69 Å². The molecule has 0 saturated carbocycles. The summed E-state index contributed by atoms with van der Waals surface area (Å²) in [6.45, 7) is 0. The van der Waals surface area contributed by atoms with E-state index in [1.807, 2.05) is 60.3 Å². The summed E-state index contributed by atoms with van der Waals surface area (Å²) < 4.78 is 1.98. The van der Waals surface area contributed by atoms with E-state index in [1.165, 1.54) is 0 Å². The first-order valence-corrected chi connectivity index (χ1v) is 5.84. The predicted octanol–water partition coefficient (Wildman–Crippen LogP) is 2.81. The van der Waals surface area contributed by atoms with Crippen molar-refractivity contribution in [1.29, 1.82) is 0 Å². The molecule has 0 N–H and O–H groups in total. The lowest BCUT2D eigenvalue weighted by molar-refractivity contribution is 0.835. The van der Waals surface area contributed by atoms with E-state index in [0.29, 0.717) is 0 Å². The van der Waals surface area contributed by atoms with Gasteiger partial charge in [0.1, 0.15) is 5.49 Å². The summed E-state index contributed by atoms with van der Waals surface area (Å²) in [6.07, 6.45) is 3.78. The third kappa shape index (κ3) is 2.02. The molecule has 2 aromatic heterocycles. The lowest BCUT2D eigenvalue weighted by Gasteiger charge is -2.00. The summed E-state index contributed by atoms with van der Waals surface area (Å²) in [4.78, 5) is 9.00. The van der Waals surface area contributed by atoms with E-state index in [0.717, 1.165) is 22.1 Å². The molecule has 88 valence electrons. The van der Waals surface area contributed by atoms with Crippen LogP contribution < -0.4 is 5.49 Å². The van der Waals surface area contributed by atoms with E-state index < -0.39 is 0 Å². The van der Waals surface area contributed by atoms with Crippen LogP contribution in [0.3, 0.4) is 0 Å². The molecule has 0 atom stereocenters. The molecule has 18 heavy (non-hydrogen) atoms. The minimum absolute atomic E-state index is 0.871. The van der Waals surface area contributed by atoms with Crippen molar-refractivity contribution in [3.8, 4) is 0 Å². The summed E-state index contributed by atoms with van der Waals surface area (Å²) in [7, 11) is 1.98. The first kappa shape index (κ1) is 10.7. The molecule has 0 aliphatic heterocycles. The van der Waals surface area contributed by atoms with Gasteiger partial charge in [0.2, 0.25) is 0 Å². The van der Waals surface area contributed by atoms with E-state index in [4.69, 9.17) is 0 Å². The van der Waals surface area contributed by atoms with E-state index in [2.05, 4.69) is 16.0 Å². The standard InChI is InChI=1S/C15H13N3/c1-18-9-5-4-8-15(18)17-13-10-12-6-2-3-7-14(12)16-11-13/h2-11H,1H3. The van der Waals surface area contributed by atoms with Gasteiger partial charge in [0.25, 0.3) is 0 Å². The molecule has 3 aromatic rings. The predicted molar refractivity (Wildman–Crippen MR) is 72.4 cm³/mol. The van der Waals surface area contributed by atoms with Crippen molar-refractivity contribution in [2.75, 3.05) is 0 Å². The monoisotopic (exact) mass is 235 g/mol. The Bertz CT molecular complexity index is 757. The molecule has 3 heteroatoms. The highest BCUT2D eigenvalue weighted by Gasteiger charge is 1.95. The smallest absolute Gasteiger partial charge is 0.132 e. The fourth-order valence-electron chi connectivity index (χ4n) is 1.88. The minimum Gasteiger partial charge on any atom is -0.336 e. The van der Waals surface area contributed by atoms with Crippen LogP contribution in [0.2, 0.25) is 0 Å². The highest BCUT2D eigenvalue weighted by atomic mass is 15.0. The van der Waals surface area contributed by atoms with Gasteiger partial charge in [0, 0.05) is 18.6 Å². The van der Waals surface area contributed by atoms with Gasteiger partial charge in [-0.2, -0.15) is 0 Å². The number of benzene rings is 1. The molecule has 0 bridgehead atoms. The largest absolute Gasteiger partial charge is 0.336 e.